The van der Waals surface area contributed by atoms with Crippen LogP contribution in [0.4, 0.5) is 5.82 Å². The van der Waals surface area contributed by atoms with E-state index in [-0.39, 0.29) is 5.96 Å². The van der Waals surface area contributed by atoms with E-state index in [1.807, 2.05) is 43.3 Å². The van der Waals surface area contributed by atoms with E-state index in [0.29, 0.717) is 12.4 Å². The summed E-state index contributed by atoms with van der Waals surface area (Å²) in [7, 11) is 1.63. The number of guanidine groups is 1. The van der Waals surface area contributed by atoms with Crippen LogP contribution in [-0.4, -0.2) is 18.1 Å². The molecule has 2 aromatic rings. The Hall–Kier alpha value is -2.56. The second-order valence-corrected chi connectivity index (χ2v) is 4.43. The molecule has 0 amide bonds. The molecule has 0 saturated heterocycles. The maximum absolute atomic E-state index is 7.79. The molecular weight excluding hydrogens is 252 g/mol. The molecule has 0 atom stereocenters. The molecule has 5 nitrogen and oxygen atoms in total. The summed E-state index contributed by atoms with van der Waals surface area (Å²) in [5.74, 6) is 1.41. The number of anilines is 1. The highest BCUT2D eigenvalue weighted by Crippen LogP contribution is 2.23. The van der Waals surface area contributed by atoms with Gasteiger partial charge in [0.2, 0.25) is 0 Å². The van der Waals surface area contributed by atoms with Crippen molar-refractivity contribution in [3.8, 4) is 5.75 Å². The highest BCUT2D eigenvalue weighted by Gasteiger charge is 2.15. The van der Waals surface area contributed by atoms with Crippen LogP contribution in [0.15, 0.2) is 42.6 Å². The topological polar surface area (TPSA) is 75.2 Å². The number of nitrogens with one attached hydrogen (secondary N) is 1. The van der Waals surface area contributed by atoms with Crippen LogP contribution >= 0.6 is 0 Å². The van der Waals surface area contributed by atoms with Gasteiger partial charge in [0.05, 0.1) is 13.7 Å². The lowest BCUT2D eigenvalue weighted by Gasteiger charge is -2.24. The summed E-state index contributed by atoms with van der Waals surface area (Å²) in [6.45, 7) is 2.39. The summed E-state index contributed by atoms with van der Waals surface area (Å²) in [6.07, 6.45) is 1.69. The summed E-state index contributed by atoms with van der Waals surface area (Å²) in [5.41, 5.74) is 7.63. The zero-order chi connectivity index (χ0) is 14.5. The van der Waals surface area contributed by atoms with Crippen molar-refractivity contribution < 1.29 is 4.74 Å². The predicted octanol–water partition coefficient (Wildman–Crippen LogP) is 2.30. The average molecular weight is 270 g/mol. The summed E-state index contributed by atoms with van der Waals surface area (Å²) >= 11 is 0. The van der Waals surface area contributed by atoms with Crippen molar-refractivity contribution in [1.82, 2.24) is 4.98 Å². The number of nitrogens with two attached hydrogens (primary N) is 1. The molecule has 0 spiro atoms. The van der Waals surface area contributed by atoms with Crippen LogP contribution in [-0.2, 0) is 6.54 Å². The maximum Gasteiger partial charge on any atom is 0.194 e. The maximum atomic E-state index is 7.79. The minimum absolute atomic E-state index is 0.0438. The minimum Gasteiger partial charge on any atom is -0.496 e. The van der Waals surface area contributed by atoms with Crippen molar-refractivity contribution in [2.24, 2.45) is 5.73 Å². The molecular formula is C15H18N4O. The van der Waals surface area contributed by atoms with Gasteiger partial charge >= 0.3 is 0 Å². The van der Waals surface area contributed by atoms with Gasteiger partial charge in [-0.15, -0.1) is 0 Å². The highest BCUT2D eigenvalue weighted by molar-refractivity contribution is 5.92. The van der Waals surface area contributed by atoms with Gasteiger partial charge < -0.3 is 10.5 Å². The molecule has 0 saturated carbocycles. The fourth-order valence-corrected chi connectivity index (χ4v) is 2.04. The van der Waals surface area contributed by atoms with Crippen molar-refractivity contribution in [2.75, 3.05) is 12.0 Å². The van der Waals surface area contributed by atoms with Gasteiger partial charge in [0.1, 0.15) is 11.6 Å². The third-order valence-electron chi connectivity index (χ3n) is 3.05. The molecule has 0 bridgehead atoms. The van der Waals surface area contributed by atoms with Gasteiger partial charge in [-0.3, -0.25) is 10.3 Å². The van der Waals surface area contributed by atoms with Gasteiger partial charge in [-0.2, -0.15) is 0 Å². The van der Waals surface area contributed by atoms with Crippen LogP contribution in [0.25, 0.3) is 0 Å². The van der Waals surface area contributed by atoms with Gasteiger partial charge in [0, 0.05) is 11.8 Å². The van der Waals surface area contributed by atoms with Crippen molar-refractivity contribution >= 4 is 11.8 Å². The van der Waals surface area contributed by atoms with Gasteiger partial charge in [-0.05, 0) is 24.6 Å². The third kappa shape index (κ3) is 2.88. The first-order valence-electron chi connectivity index (χ1n) is 6.28. The number of nitrogens with zero attached hydrogens (tertiary/aromatic N) is 2. The number of hydrogen-bond donors (Lipinski definition) is 2. The van der Waals surface area contributed by atoms with Gasteiger partial charge in [0.25, 0.3) is 0 Å². The normalized spacial score (nSPS) is 10.1. The standard InChI is InChI=1S/C15H18N4O/c1-11-6-5-9-18-14(11)19(15(16)17)10-12-7-3-4-8-13(12)20-2/h3-9H,10H2,1-2H3,(H3,16,17). The first-order chi connectivity index (χ1) is 9.63. The number of hydrogen-bond acceptors (Lipinski definition) is 3. The van der Waals surface area contributed by atoms with Crippen LogP contribution in [0.3, 0.4) is 0 Å². The van der Waals surface area contributed by atoms with E-state index < -0.39 is 0 Å². The zero-order valence-electron chi connectivity index (χ0n) is 11.6. The van der Waals surface area contributed by atoms with Crippen LogP contribution in [0.1, 0.15) is 11.1 Å². The van der Waals surface area contributed by atoms with Crippen molar-refractivity contribution in [3.05, 3.63) is 53.7 Å². The second-order valence-electron chi connectivity index (χ2n) is 4.43. The molecule has 0 fully saturated rings. The number of rotatable bonds is 4. The highest BCUT2D eigenvalue weighted by atomic mass is 16.5. The smallest absolute Gasteiger partial charge is 0.194 e. The van der Waals surface area contributed by atoms with Crippen LogP contribution in [0, 0.1) is 12.3 Å². The Morgan fingerprint density at radius 2 is 2.05 bits per heavy atom. The molecule has 1 heterocycles. The van der Waals surface area contributed by atoms with Crippen molar-refractivity contribution in [3.63, 3.8) is 0 Å². The largest absolute Gasteiger partial charge is 0.496 e. The van der Waals surface area contributed by atoms with Crippen LogP contribution in [0.2, 0.25) is 0 Å². The van der Waals surface area contributed by atoms with E-state index in [4.69, 9.17) is 15.9 Å². The van der Waals surface area contributed by atoms with E-state index in [2.05, 4.69) is 4.98 Å². The number of para-hydroxylation sites is 1. The number of methoxy groups -OCH3 is 1. The van der Waals surface area contributed by atoms with Gasteiger partial charge in [0.15, 0.2) is 5.96 Å². The lowest BCUT2D eigenvalue weighted by molar-refractivity contribution is 0.410. The fourth-order valence-electron chi connectivity index (χ4n) is 2.04. The quantitative estimate of drug-likeness (QED) is 0.660. The first kappa shape index (κ1) is 13.9. The molecule has 0 aliphatic carbocycles. The van der Waals surface area contributed by atoms with E-state index >= 15 is 0 Å². The Morgan fingerprint density at radius 3 is 2.70 bits per heavy atom. The molecule has 5 heteroatoms. The molecule has 20 heavy (non-hydrogen) atoms. The molecule has 0 aliphatic heterocycles. The molecule has 1 aromatic heterocycles. The zero-order valence-corrected chi connectivity index (χ0v) is 11.6. The molecule has 1 aromatic carbocycles. The molecule has 3 N–H and O–H groups in total. The Labute approximate surface area is 118 Å². The molecule has 0 radical (unpaired) electrons. The summed E-state index contributed by atoms with van der Waals surface area (Å²) in [6, 6.07) is 11.5. The van der Waals surface area contributed by atoms with Crippen LogP contribution < -0.4 is 15.4 Å². The summed E-state index contributed by atoms with van der Waals surface area (Å²) in [5, 5.41) is 7.79. The number of ether oxygens (including phenoxy) is 1. The van der Waals surface area contributed by atoms with Crippen molar-refractivity contribution in [1.29, 1.82) is 5.41 Å². The van der Waals surface area contributed by atoms with E-state index in [1.165, 1.54) is 0 Å². The Balaban J connectivity index is 2.36. The number of pyridine rings is 1. The first-order valence-corrected chi connectivity index (χ1v) is 6.28. The Morgan fingerprint density at radius 1 is 1.30 bits per heavy atom. The summed E-state index contributed by atoms with van der Waals surface area (Å²) in [4.78, 5) is 5.98. The van der Waals surface area contributed by atoms with Crippen molar-refractivity contribution in [2.45, 2.75) is 13.5 Å². The fraction of sp³-hybridized carbons (Fsp3) is 0.200. The molecule has 0 unspecified atom stereocenters. The number of benzene rings is 1. The second kappa shape index (κ2) is 6.06. The van der Waals surface area contributed by atoms with Crippen LogP contribution in [0.5, 0.6) is 5.75 Å². The van der Waals surface area contributed by atoms with E-state index in [0.717, 1.165) is 16.9 Å². The molecule has 104 valence electrons. The lowest BCUT2D eigenvalue weighted by Crippen LogP contribution is -2.37. The molecule has 0 aliphatic rings. The predicted molar refractivity (Wildman–Crippen MR) is 80.1 cm³/mol. The lowest BCUT2D eigenvalue weighted by atomic mass is 10.1. The Bertz CT molecular complexity index is 612. The summed E-state index contributed by atoms with van der Waals surface area (Å²) < 4.78 is 5.33. The molecule has 2 rings (SSSR count). The SMILES string of the molecule is COc1ccccc1CN(C(=N)N)c1ncccc1C. The van der Waals surface area contributed by atoms with Gasteiger partial charge in [-0.25, -0.2) is 4.98 Å². The monoisotopic (exact) mass is 270 g/mol. The third-order valence-corrected chi connectivity index (χ3v) is 3.05. The van der Waals surface area contributed by atoms with E-state index in [9.17, 15) is 0 Å². The van der Waals surface area contributed by atoms with E-state index in [1.54, 1.807) is 18.2 Å². The Kier molecular flexibility index (Phi) is 4.20. The minimum atomic E-state index is -0.0438. The van der Waals surface area contributed by atoms with Gasteiger partial charge in [-0.1, -0.05) is 24.3 Å². The average Bonchev–Trinajstić information content (AvgIpc) is 2.46. The number of aromatic nitrogens is 1. The number of aryl methyl sites for hydroxylation is 1.